The number of hydrogen-bond donors (Lipinski definition) is 2. The maximum absolute atomic E-state index is 5.52. The van der Waals surface area contributed by atoms with Gasteiger partial charge in [0, 0.05) is 62.8 Å². The molecule has 1 saturated heterocycles. The second kappa shape index (κ2) is 12.2. The van der Waals surface area contributed by atoms with Gasteiger partial charge in [0.1, 0.15) is 5.82 Å². The van der Waals surface area contributed by atoms with Gasteiger partial charge in [-0.1, -0.05) is 0 Å². The molecule has 0 atom stereocenters. The van der Waals surface area contributed by atoms with Crippen LogP contribution in [0.5, 0.6) is 11.5 Å². The molecule has 0 bridgehead atoms. The summed E-state index contributed by atoms with van der Waals surface area (Å²) in [6.07, 6.45) is 0. The van der Waals surface area contributed by atoms with Gasteiger partial charge in [-0.2, -0.15) is 4.98 Å². The third-order valence-corrected chi connectivity index (χ3v) is 6.00. The highest BCUT2D eigenvalue weighted by Crippen LogP contribution is 2.34. The fourth-order valence-corrected chi connectivity index (χ4v) is 4.24. The number of methoxy groups -OCH3 is 2. The van der Waals surface area contributed by atoms with Crippen molar-refractivity contribution < 1.29 is 14.2 Å². The first-order valence-corrected chi connectivity index (χ1v) is 11.9. The molecule has 1 fully saturated rings. The topological polar surface area (TPSA) is 84.0 Å². The summed E-state index contributed by atoms with van der Waals surface area (Å²) in [6.45, 7) is 15.8. The zero-order chi connectivity index (χ0) is 23.8. The Balaban J connectivity index is 1.79. The van der Waals surface area contributed by atoms with E-state index in [-0.39, 0.29) is 0 Å². The Morgan fingerprint density at radius 2 is 1.64 bits per heavy atom. The number of morpholine rings is 1. The highest BCUT2D eigenvalue weighted by molar-refractivity contribution is 5.92. The molecule has 0 radical (unpaired) electrons. The van der Waals surface area contributed by atoms with Crippen molar-refractivity contribution in [3.8, 4) is 11.5 Å². The van der Waals surface area contributed by atoms with Crippen LogP contribution in [0, 0.1) is 0 Å². The molecule has 2 aromatic rings. The van der Waals surface area contributed by atoms with Crippen molar-refractivity contribution in [2.45, 2.75) is 39.8 Å². The first-order valence-electron chi connectivity index (χ1n) is 11.9. The van der Waals surface area contributed by atoms with Gasteiger partial charge in [0.05, 0.1) is 33.0 Å². The predicted molar refractivity (Wildman–Crippen MR) is 134 cm³/mol. The number of hydrogen-bond acceptors (Lipinski definition) is 9. The summed E-state index contributed by atoms with van der Waals surface area (Å²) in [5, 5.41) is 7.85. The largest absolute Gasteiger partial charge is 0.493 e. The Hall–Kier alpha value is -2.36. The Bertz CT molecular complexity index is 878. The first-order chi connectivity index (χ1) is 15.9. The average Bonchev–Trinajstić information content (AvgIpc) is 2.81. The van der Waals surface area contributed by atoms with Crippen LogP contribution in [-0.2, 0) is 4.74 Å². The SMILES string of the molecule is COc1cc2nc(NCCN3CCOCC3)nc(NCCN(C(C)C)C(C)C)c2cc1OC. The van der Waals surface area contributed by atoms with Gasteiger partial charge in [-0.25, -0.2) is 4.98 Å². The number of rotatable bonds is 12. The third kappa shape index (κ3) is 6.82. The number of ether oxygens (including phenoxy) is 3. The number of anilines is 2. The van der Waals surface area contributed by atoms with Crippen molar-refractivity contribution in [1.82, 2.24) is 19.8 Å². The van der Waals surface area contributed by atoms with Crippen LogP contribution in [0.1, 0.15) is 27.7 Å². The molecular weight excluding hydrogens is 420 g/mol. The maximum Gasteiger partial charge on any atom is 0.225 e. The molecule has 0 unspecified atom stereocenters. The maximum atomic E-state index is 5.52. The van der Waals surface area contributed by atoms with Gasteiger partial charge >= 0.3 is 0 Å². The second-order valence-corrected chi connectivity index (χ2v) is 8.85. The van der Waals surface area contributed by atoms with E-state index in [0.29, 0.717) is 29.5 Å². The molecule has 0 aliphatic carbocycles. The van der Waals surface area contributed by atoms with Crippen molar-refractivity contribution >= 4 is 22.7 Å². The smallest absolute Gasteiger partial charge is 0.225 e. The van der Waals surface area contributed by atoms with Crippen LogP contribution in [0.2, 0.25) is 0 Å². The minimum atomic E-state index is 0.482. The number of nitrogens with one attached hydrogen (secondary N) is 2. The van der Waals surface area contributed by atoms with E-state index in [1.165, 1.54) is 0 Å². The van der Waals surface area contributed by atoms with Crippen LogP contribution in [-0.4, -0.2) is 98.6 Å². The van der Waals surface area contributed by atoms with Crippen molar-refractivity contribution in [1.29, 1.82) is 0 Å². The summed E-state index contributed by atoms with van der Waals surface area (Å²) in [5.41, 5.74) is 0.809. The third-order valence-electron chi connectivity index (χ3n) is 6.00. The summed E-state index contributed by atoms with van der Waals surface area (Å²) < 4.78 is 16.4. The summed E-state index contributed by atoms with van der Waals surface area (Å²) in [5.74, 6) is 2.72. The molecule has 3 rings (SSSR count). The molecule has 2 N–H and O–H groups in total. The van der Waals surface area contributed by atoms with E-state index >= 15 is 0 Å². The fraction of sp³-hybridized carbons (Fsp3) is 0.667. The van der Waals surface area contributed by atoms with Gasteiger partial charge in [0.25, 0.3) is 0 Å². The molecule has 33 heavy (non-hydrogen) atoms. The Morgan fingerprint density at radius 3 is 2.27 bits per heavy atom. The van der Waals surface area contributed by atoms with Crippen LogP contribution in [0.25, 0.3) is 10.9 Å². The highest BCUT2D eigenvalue weighted by atomic mass is 16.5. The first kappa shape index (κ1) is 25.3. The Morgan fingerprint density at radius 1 is 0.970 bits per heavy atom. The molecule has 1 aromatic heterocycles. The fourth-order valence-electron chi connectivity index (χ4n) is 4.24. The van der Waals surface area contributed by atoms with E-state index < -0.39 is 0 Å². The minimum absolute atomic E-state index is 0.482. The lowest BCUT2D eigenvalue weighted by Crippen LogP contribution is -2.40. The van der Waals surface area contributed by atoms with Crippen LogP contribution >= 0.6 is 0 Å². The Labute approximate surface area is 197 Å². The second-order valence-electron chi connectivity index (χ2n) is 8.85. The number of aromatic nitrogens is 2. The van der Waals surface area contributed by atoms with E-state index in [1.807, 2.05) is 12.1 Å². The molecule has 1 aromatic carbocycles. The molecular formula is C24H40N6O3. The monoisotopic (exact) mass is 460 g/mol. The van der Waals surface area contributed by atoms with Crippen molar-refractivity contribution in [3.63, 3.8) is 0 Å². The van der Waals surface area contributed by atoms with E-state index in [2.05, 4.69) is 48.1 Å². The number of fused-ring (bicyclic) bond motifs is 1. The van der Waals surface area contributed by atoms with Gasteiger partial charge in [-0.15, -0.1) is 0 Å². The highest BCUT2D eigenvalue weighted by Gasteiger charge is 2.16. The van der Waals surface area contributed by atoms with Gasteiger partial charge in [-0.05, 0) is 33.8 Å². The summed E-state index contributed by atoms with van der Waals surface area (Å²) in [6, 6.07) is 4.81. The summed E-state index contributed by atoms with van der Waals surface area (Å²) in [4.78, 5) is 14.4. The number of nitrogens with zero attached hydrogens (tertiary/aromatic N) is 4. The van der Waals surface area contributed by atoms with Crippen LogP contribution < -0.4 is 20.1 Å². The molecule has 2 heterocycles. The Kier molecular flexibility index (Phi) is 9.34. The molecule has 184 valence electrons. The normalized spacial score (nSPS) is 14.9. The van der Waals surface area contributed by atoms with E-state index in [0.717, 1.165) is 69.2 Å². The molecule has 9 heteroatoms. The van der Waals surface area contributed by atoms with Gasteiger partial charge in [0.2, 0.25) is 5.95 Å². The lowest BCUT2D eigenvalue weighted by atomic mass is 10.2. The average molecular weight is 461 g/mol. The van der Waals surface area contributed by atoms with Gasteiger partial charge in [0.15, 0.2) is 11.5 Å². The van der Waals surface area contributed by atoms with Crippen molar-refractivity contribution in [2.75, 3.05) is 77.3 Å². The van der Waals surface area contributed by atoms with Crippen LogP contribution in [0.4, 0.5) is 11.8 Å². The quantitative estimate of drug-likeness (QED) is 0.497. The molecule has 1 aliphatic rings. The molecule has 0 amide bonds. The zero-order valence-electron chi connectivity index (χ0n) is 21.0. The van der Waals surface area contributed by atoms with Crippen molar-refractivity contribution in [3.05, 3.63) is 12.1 Å². The number of benzene rings is 1. The van der Waals surface area contributed by atoms with Crippen molar-refractivity contribution in [2.24, 2.45) is 0 Å². The van der Waals surface area contributed by atoms with E-state index in [9.17, 15) is 0 Å². The van der Waals surface area contributed by atoms with E-state index in [1.54, 1.807) is 14.2 Å². The zero-order valence-corrected chi connectivity index (χ0v) is 21.0. The van der Waals surface area contributed by atoms with E-state index in [4.69, 9.17) is 24.2 Å². The molecule has 0 saturated carbocycles. The van der Waals surface area contributed by atoms with Gasteiger partial charge < -0.3 is 24.8 Å². The summed E-state index contributed by atoms with van der Waals surface area (Å²) in [7, 11) is 3.28. The molecule has 9 nitrogen and oxygen atoms in total. The van der Waals surface area contributed by atoms with Crippen LogP contribution in [0.15, 0.2) is 12.1 Å². The predicted octanol–water partition coefficient (Wildman–Crippen LogP) is 2.92. The van der Waals surface area contributed by atoms with Crippen LogP contribution in [0.3, 0.4) is 0 Å². The minimum Gasteiger partial charge on any atom is -0.493 e. The van der Waals surface area contributed by atoms with Gasteiger partial charge in [-0.3, -0.25) is 9.80 Å². The lowest BCUT2D eigenvalue weighted by molar-refractivity contribution is 0.0398. The lowest BCUT2D eigenvalue weighted by Gasteiger charge is -2.30. The molecule has 1 aliphatic heterocycles. The standard InChI is InChI=1S/C24H40N6O3/c1-17(2)30(18(3)4)10-8-25-23-19-15-21(31-5)22(32-6)16-20(19)27-24(28-23)26-7-9-29-11-13-33-14-12-29/h15-18H,7-14H2,1-6H3,(H2,25,26,27,28). The molecule has 0 spiro atoms. The summed E-state index contributed by atoms with van der Waals surface area (Å²) >= 11 is 0.